The van der Waals surface area contributed by atoms with E-state index < -0.39 is 0 Å². The average Bonchev–Trinajstić information content (AvgIpc) is 2.87. The van der Waals surface area contributed by atoms with Crippen LogP contribution in [0, 0.1) is 0 Å². The van der Waals surface area contributed by atoms with Crippen LogP contribution in [-0.2, 0) is 13.2 Å². The molecule has 4 aromatic rings. The minimum atomic E-state index is -0.300. The van der Waals surface area contributed by atoms with E-state index in [4.69, 9.17) is 0 Å². The Morgan fingerprint density at radius 3 is 2.21 bits per heavy atom. The van der Waals surface area contributed by atoms with E-state index in [1.165, 1.54) is 6.92 Å². The van der Waals surface area contributed by atoms with Crippen molar-refractivity contribution in [1.29, 1.82) is 0 Å². The van der Waals surface area contributed by atoms with Crippen LogP contribution in [0.25, 0.3) is 22.2 Å². The first-order valence-corrected chi connectivity index (χ1v) is 10.7. The quantitative estimate of drug-likeness (QED) is 0.312. The molecule has 4 rings (SSSR count). The van der Waals surface area contributed by atoms with E-state index in [1.54, 1.807) is 49.5 Å². The summed E-state index contributed by atoms with van der Waals surface area (Å²) in [4.78, 5) is 33.3. The number of carbonyl (C=O) groups is 2. The molecule has 0 saturated carbocycles. The molecule has 0 atom stereocenters. The van der Waals surface area contributed by atoms with Crippen molar-refractivity contribution >= 4 is 34.2 Å². The Morgan fingerprint density at radius 1 is 0.882 bits per heavy atom. The van der Waals surface area contributed by atoms with Gasteiger partial charge in [-0.25, -0.2) is 9.97 Å². The van der Waals surface area contributed by atoms with Crippen molar-refractivity contribution in [3.8, 4) is 11.3 Å². The van der Waals surface area contributed by atoms with Crippen molar-refractivity contribution in [2.75, 3.05) is 17.7 Å². The first kappa shape index (κ1) is 23.0. The molecule has 0 saturated heterocycles. The van der Waals surface area contributed by atoms with Crippen LogP contribution in [0.3, 0.4) is 0 Å². The molecule has 0 radical (unpaired) electrons. The Morgan fingerprint density at radius 2 is 1.56 bits per heavy atom. The van der Waals surface area contributed by atoms with E-state index in [-0.39, 0.29) is 24.9 Å². The minimum absolute atomic E-state index is 0.0619. The van der Waals surface area contributed by atoms with E-state index in [2.05, 4.69) is 20.6 Å². The second-order valence-corrected chi connectivity index (χ2v) is 7.77. The number of aliphatic hydroxyl groups excluding tert-OH is 2. The average molecular weight is 457 g/mol. The van der Waals surface area contributed by atoms with Gasteiger partial charge in [0.1, 0.15) is 0 Å². The smallest absolute Gasteiger partial charge is 0.255 e. The molecular formula is C26H24N4O4. The third-order valence-corrected chi connectivity index (χ3v) is 5.53. The summed E-state index contributed by atoms with van der Waals surface area (Å²) in [5, 5.41) is 25.9. The fraction of sp³-hybridized carbons (Fsp3) is 0.154. The highest BCUT2D eigenvalue weighted by molar-refractivity contribution is 6.05. The van der Waals surface area contributed by atoms with Crippen LogP contribution < -0.4 is 10.6 Å². The number of hydrogen-bond donors (Lipinski definition) is 4. The van der Waals surface area contributed by atoms with Crippen molar-refractivity contribution < 1.29 is 19.8 Å². The molecule has 0 aliphatic rings. The first-order valence-electron chi connectivity index (χ1n) is 10.7. The number of rotatable bonds is 7. The zero-order chi connectivity index (χ0) is 24.2. The van der Waals surface area contributed by atoms with Crippen LogP contribution in [-0.4, -0.2) is 38.9 Å². The van der Waals surface area contributed by atoms with Crippen molar-refractivity contribution in [2.45, 2.75) is 20.1 Å². The summed E-state index contributed by atoms with van der Waals surface area (Å²) in [6.07, 6.45) is 0. The molecular weight excluding hydrogens is 432 g/mol. The van der Waals surface area contributed by atoms with Crippen molar-refractivity contribution in [3.05, 3.63) is 82.9 Å². The Balaban J connectivity index is 1.72. The van der Waals surface area contributed by atoms with E-state index in [0.717, 1.165) is 5.56 Å². The lowest BCUT2D eigenvalue weighted by atomic mass is 10.0. The number of amides is 1. The second kappa shape index (κ2) is 9.78. The van der Waals surface area contributed by atoms with Gasteiger partial charge in [0.05, 0.1) is 24.4 Å². The lowest BCUT2D eigenvalue weighted by Gasteiger charge is -2.13. The molecule has 172 valence electrons. The summed E-state index contributed by atoms with van der Waals surface area (Å²) in [5.74, 6) is 0.0437. The fourth-order valence-corrected chi connectivity index (χ4v) is 3.69. The van der Waals surface area contributed by atoms with Crippen LogP contribution in [0.1, 0.15) is 38.8 Å². The monoisotopic (exact) mass is 456 g/mol. The molecule has 0 unspecified atom stereocenters. The second-order valence-electron chi connectivity index (χ2n) is 7.77. The normalized spacial score (nSPS) is 10.8. The molecule has 1 aromatic heterocycles. The van der Waals surface area contributed by atoms with E-state index in [1.807, 2.05) is 18.2 Å². The zero-order valence-electron chi connectivity index (χ0n) is 18.8. The SMILES string of the molecule is CNc1nc(-c2cccc(NC(=O)c3ccc(C(C)=O)cc3)c2)c2cc(CO)c(CO)cc2n1. The predicted molar refractivity (Wildman–Crippen MR) is 131 cm³/mol. The standard InChI is InChI=1S/C26H24N4O4/c1-15(33)16-6-8-17(9-7-16)25(34)28-21-5-3-4-18(10-21)24-22-11-19(13-31)20(14-32)12-23(22)29-26(27-2)30-24/h3-12,31-32H,13-14H2,1-2H3,(H,28,34)(H,27,29,30). The number of fused-ring (bicyclic) bond motifs is 1. The first-order chi connectivity index (χ1) is 16.4. The highest BCUT2D eigenvalue weighted by atomic mass is 16.3. The molecule has 3 aromatic carbocycles. The Labute approximate surface area is 196 Å². The highest BCUT2D eigenvalue weighted by Crippen LogP contribution is 2.31. The minimum Gasteiger partial charge on any atom is -0.392 e. The van der Waals surface area contributed by atoms with E-state index >= 15 is 0 Å². The Bertz CT molecular complexity index is 1380. The van der Waals surface area contributed by atoms with Gasteiger partial charge in [-0.15, -0.1) is 0 Å². The largest absolute Gasteiger partial charge is 0.392 e. The molecule has 0 bridgehead atoms. The molecule has 8 nitrogen and oxygen atoms in total. The topological polar surface area (TPSA) is 124 Å². The third kappa shape index (κ3) is 4.63. The molecule has 34 heavy (non-hydrogen) atoms. The number of carbonyl (C=O) groups excluding carboxylic acids is 2. The number of anilines is 2. The Hall–Kier alpha value is -4.14. The van der Waals surface area contributed by atoms with Crippen LogP contribution >= 0.6 is 0 Å². The molecule has 8 heteroatoms. The van der Waals surface area contributed by atoms with E-state index in [0.29, 0.717) is 50.5 Å². The van der Waals surface area contributed by atoms with Crippen LogP contribution in [0.4, 0.5) is 11.6 Å². The summed E-state index contributed by atoms with van der Waals surface area (Å²) >= 11 is 0. The summed E-state index contributed by atoms with van der Waals surface area (Å²) in [7, 11) is 1.72. The maximum atomic E-state index is 12.7. The lowest BCUT2D eigenvalue weighted by Crippen LogP contribution is -2.12. The van der Waals surface area contributed by atoms with Crippen molar-refractivity contribution in [2.24, 2.45) is 0 Å². The molecule has 1 heterocycles. The van der Waals surface area contributed by atoms with Crippen LogP contribution in [0.15, 0.2) is 60.7 Å². The van der Waals surface area contributed by atoms with Crippen LogP contribution in [0.5, 0.6) is 0 Å². The van der Waals surface area contributed by atoms with Gasteiger partial charge in [-0.3, -0.25) is 9.59 Å². The number of nitrogens with one attached hydrogen (secondary N) is 2. The molecule has 0 aliphatic heterocycles. The van der Waals surface area contributed by atoms with Gasteiger partial charge in [-0.1, -0.05) is 24.3 Å². The maximum Gasteiger partial charge on any atom is 0.255 e. The predicted octanol–water partition coefficient (Wildman–Crippen LogP) is 3.78. The highest BCUT2D eigenvalue weighted by Gasteiger charge is 2.14. The molecule has 0 fully saturated rings. The van der Waals surface area contributed by atoms with Crippen LogP contribution in [0.2, 0.25) is 0 Å². The van der Waals surface area contributed by atoms with Crippen molar-refractivity contribution in [1.82, 2.24) is 9.97 Å². The molecule has 4 N–H and O–H groups in total. The van der Waals surface area contributed by atoms with Gasteiger partial charge >= 0.3 is 0 Å². The summed E-state index contributed by atoms with van der Waals surface area (Å²) in [6, 6.07) is 17.3. The summed E-state index contributed by atoms with van der Waals surface area (Å²) in [6.45, 7) is 1.04. The summed E-state index contributed by atoms with van der Waals surface area (Å²) < 4.78 is 0. The van der Waals surface area contributed by atoms with Crippen molar-refractivity contribution in [3.63, 3.8) is 0 Å². The van der Waals surface area contributed by atoms with Gasteiger partial charge in [0, 0.05) is 34.8 Å². The number of aromatic nitrogens is 2. The fourth-order valence-electron chi connectivity index (χ4n) is 3.69. The van der Waals surface area contributed by atoms with Gasteiger partial charge in [-0.2, -0.15) is 0 Å². The number of Topliss-reactive ketones (excluding diaryl/α,β-unsaturated/α-hetero) is 1. The van der Waals surface area contributed by atoms with E-state index in [9.17, 15) is 19.8 Å². The third-order valence-electron chi connectivity index (χ3n) is 5.53. The maximum absolute atomic E-state index is 12.7. The Kier molecular flexibility index (Phi) is 6.62. The van der Waals surface area contributed by atoms with Gasteiger partial charge in [0.2, 0.25) is 5.95 Å². The lowest BCUT2D eigenvalue weighted by molar-refractivity contribution is 0.101. The number of aliphatic hydroxyl groups is 2. The summed E-state index contributed by atoms with van der Waals surface area (Å²) in [5.41, 5.74) is 4.73. The van der Waals surface area contributed by atoms with Gasteiger partial charge in [0.25, 0.3) is 5.91 Å². The van der Waals surface area contributed by atoms with Gasteiger partial charge in [0.15, 0.2) is 5.78 Å². The number of nitrogens with zero attached hydrogens (tertiary/aromatic N) is 2. The number of hydrogen-bond acceptors (Lipinski definition) is 7. The molecule has 0 aliphatic carbocycles. The van der Waals surface area contributed by atoms with Gasteiger partial charge < -0.3 is 20.8 Å². The number of benzene rings is 3. The molecule has 1 amide bonds. The molecule has 0 spiro atoms. The van der Waals surface area contributed by atoms with Gasteiger partial charge in [-0.05, 0) is 54.4 Å². The number of ketones is 1. The zero-order valence-corrected chi connectivity index (χ0v) is 18.8.